The molecule has 5 aliphatic rings. The number of rotatable bonds is 1. The van der Waals surface area contributed by atoms with Gasteiger partial charge >= 0.3 is 0 Å². The molecule has 5 unspecified atom stereocenters. The maximum absolute atomic E-state index is 10.4. The van der Waals surface area contributed by atoms with Crippen LogP contribution in [0.3, 0.4) is 0 Å². The van der Waals surface area contributed by atoms with Crippen LogP contribution in [-0.2, 0) is 11.8 Å². The van der Waals surface area contributed by atoms with Crippen LogP contribution < -0.4 is 4.74 Å². The third-order valence-electron chi connectivity index (χ3n) is 8.18. The second-order valence-corrected chi connectivity index (χ2v) is 9.25. The molecule has 1 aromatic carbocycles. The summed E-state index contributed by atoms with van der Waals surface area (Å²) in [4.78, 5) is 2.53. The molecule has 1 saturated heterocycles. The molecule has 6 rings (SSSR count). The van der Waals surface area contributed by atoms with E-state index in [1.54, 1.807) is 0 Å². The Hall–Kier alpha value is -1.26. The first-order valence-electron chi connectivity index (χ1n) is 9.36. The Morgan fingerprint density at radius 3 is 2.92 bits per heavy atom. The van der Waals surface area contributed by atoms with Crippen molar-refractivity contribution < 1.29 is 14.9 Å². The Morgan fingerprint density at radius 2 is 2.17 bits per heavy atom. The van der Waals surface area contributed by atoms with Gasteiger partial charge < -0.3 is 19.8 Å². The van der Waals surface area contributed by atoms with E-state index in [9.17, 15) is 10.2 Å². The van der Waals surface area contributed by atoms with Gasteiger partial charge in [-0.2, -0.15) is 0 Å². The highest BCUT2D eigenvalue weighted by atomic mass is 16.5. The summed E-state index contributed by atoms with van der Waals surface area (Å²) in [6.07, 6.45) is 4.16. The van der Waals surface area contributed by atoms with Crippen molar-refractivity contribution in [2.24, 2.45) is 17.3 Å². The van der Waals surface area contributed by atoms with Crippen molar-refractivity contribution in [1.82, 2.24) is 4.90 Å². The standard InChI is InChI=1S/C20H25NO3/c1-10(22)12-5-13-18-19(9-21(18)2)7-11-3-4-14(23)17-16(11)20(13,8-19)15(6-12)24-17/h3-4,10,12-13,15,18,22-23H,5-9H2,1-2H3/t10?,12?,13?,15-,18?,19-,20?/m0/s1. The third-order valence-corrected chi connectivity index (χ3v) is 8.18. The van der Waals surface area contributed by atoms with Gasteiger partial charge in [-0.1, -0.05) is 6.07 Å². The van der Waals surface area contributed by atoms with E-state index in [2.05, 4.69) is 18.0 Å². The van der Waals surface area contributed by atoms with E-state index >= 15 is 0 Å². The molecule has 2 bridgehead atoms. The number of ether oxygens (including phenoxy) is 1. The summed E-state index contributed by atoms with van der Waals surface area (Å²) in [5.74, 6) is 1.90. The van der Waals surface area contributed by atoms with Gasteiger partial charge in [-0.25, -0.2) is 0 Å². The second-order valence-electron chi connectivity index (χ2n) is 9.25. The molecule has 2 N–H and O–H groups in total. The number of fused-ring (bicyclic) bond motifs is 1. The number of phenols is 1. The number of likely N-dealkylation sites (tertiary alicyclic amines) is 1. The number of aliphatic hydroxyl groups excluding tert-OH is 1. The first-order valence-corrected chi connectivity index (χ1v) is 9.36. The number of hydrogen-bond donors (Lipinski definition) is 2. The highest BCUT2D eigenvalue weighted by Crippen LogP contribution is 2.74. The molecule has 2 saturated carbocycles. The van der Waals surface area contributed by atoms with E-state index in [-0.39, 0.29) is 17.6 Å². The molecule has 2 heterocycles. The SMILES string of the molecule is CC(O)C1CC2C3N(C)C[C@@]34Cc3ccc(O)c5c3C2(C4)[C@H](C1)O5. The van der Waals surface area contributed by atoms with Crippen molar-refractivity contribution in [2.75, 3.05) is 13.6 Å². The van der Waals surface area contributed by atoms with E-state index in [4.69, 9.17) is 4.74 Å². The molecule has 0 amide bonds. The zero-order valence-electron chi connectivity index (χ0n) is 14.3. The minimum absolute atomic E-state index is 0.0719. The lowest BCUT2D eigenvalue weighted by Crippen LogP contribution is -2.63. The summed E-state index contributed by atoms with van der Waals surface area (Å²) in [5, 5.41) is 20.7. The van der Waals surface area contributed by atoms with Gasteiger partial charge in [0.2, 0.25) is 0 Å². The topological polar surface area (TPSA) is 52.9 Å². The van der Waals surface area contributed by atoms with E-state index < -0.39 is 0 Å². The average molecular weight is 327 g/mol. The Bertz CT molecular complexity index is 761. The highest BCUT2D eigenvalue weighted by Gasteiger charge is 2.76. The molecule has 4 nitrogen and oxygen atoms in total. The zero-order valence-corrected chi connectivity index (χ0v) is 14.3. The maximum Gasteiger partial charge on any atom is 0.165 e. The predicted octanol–water partition coefficient (Wildman–Crippen LogP) is 2.06. The molecule has 0 radical (unpaired) electrons. The van der Waals surface area contributed by atoms with Crippen LogP contribution >= 0.6 is 0 Å². The Kier molecular flexibility index (Phi) is 2.29. The molecule has 24 heavy (non-hydrogen) atoms. The lowest BCUT2D eigenvalue weighted by atomic mass is 9.57. The third kappa shape index (κ3) is 1.27. The predicted molar refractivity (Wildman–Crippen MR) is 89.3 cm³/mol. The fourth-order valence-corrected chi connectivity index (χ4v) is 7.65. The molecular weight excluding hydrogens is 302 g/mol. The summed E-state index contributed by atoms with van der Waals surface area (Å²) in [5.41, 5.74) is 3.20. The van der Waals surface area contributed by atoms with Crippen molar-refractivity contribution in [3.63, 3.8) is 0 Å². The van der Waals surface area contributed by atoms with Crippen molar-refractivity contribution in [3.05, 3.63) is 23.3 Å². The summed E-state index contributed by atoms with van der Waals surface area (Å²) in [6.45, 7) is 3.10. The second kappa shape index (κ2) is 3.94. The number of benzene rings is 1. The van der Waals surface area contributed by atoms with Gasteiger partial charge in [-0.05, 0) is 63.1 Å². The van der Waals surface area contributed by atoms with Gasteiger partial charge in [0.05, 0.1) is 6.10 Å². The number of phenolic OH excluding ortho intramolecular Hbond substituents is 1. The first kappa shape index (κ1) is 14.0. The summed E-state index contributed by atoms with van der Waals surface area (Å²) in [7, 11) is 2.26. The summed E-state index contributed by atoms with van der Waals surface area (Å²) in [6, 6.07) is 4.56. The summed E-state index contributed by atoms with van der Waals surface area (Å²) < 4.78 is 6.41. The van der Waals surface area contributed by atoms with Crippen molar-refractivity contribution >= 4 is 0 Å². The molecule has 3 aliphatic carbocycles. The smallest absolute Gasteiger partial charge is 0.165 e. The van der Waals surface area contributed by atoms with Gasteiger partial charge in [0, 0.05) is 29.0 Å². The first-order chi connectivity index (χ1) is 11.5. The Morgan fingerprint density at radius 1 is 1.33 bits per heavy atom. The normalized spacial score (nSPS) is 48.3. The minimum atomic E-state index is -0.287. The van der Waals surface area contributed by atoms with Crippen molar-refractivity contribution in [2.45, 2.75) is 56.3 Å². The lowest BCUT2D eigenvalue weighted by Gasteiger charge is -2.55. The molecular formula is C20H25NO3. The van der Waals surface area contributed by atoms with Crippen LogP contribution in [-0.4, -0.2) is 47.0 Å². The van der Waals surface area contributed by atoms with Gasteiger partial charge in [-0.3, -0.25) is 0 Å². The molecule has 7 atom stereocenters. The van der Waals surface area contributed by atoms with Gasteiger partial charge in [-0.15, -0.1) is 0 Å². The number of nitrogens with zero attached hydrogens (tertiary/aromatic N) is 1. The van der Waals surface area contributed by atoms with Crippen LogP contribution in [0.15, 0.2) is 12.1 Å². The molecule has 2 spiro atoms. The van der Waals surface area contributed by atoms with E-state index in [0.717, 1.165) is 25.0 Å². The van der Waals surface area contributed by atoms with Crippen LogP contribution in [0.25, 0.3) is 0 Å². The number of hydrogen-bond acceptors (Lipinski definition) is 4. The zero-order chi connectivity index (χ0) is 16.4. The molecule has 3 fully saturated rings. The fourth-order valence-electron chi connectivity index (χ4n) is 7.65. The number of aliphatic hydroxyl groups is 1. The van der Waals surface area contributed by atoms with Gasteiger partial charge in [0.1, 0.15) is 6.10 Å². The Labute approximate surface area is 142 Å². The van der Waals surface area contributed by atoms with Gasteiger partial charge in [0.15, 0.2) is 11.5 Å². The minimum Gasteiger partial charge on any atom is -0.504 e. The molecule has 128 valence electrons. The highest BCUT2D eigenvalue weighted by molar-refractivity contribution is 5.62. The van der Waals surface area contributed by atoms with E-state index in [1.807, 2.05) is 13.0 Å². The Balaban J connectivity index is 1.60. The molecule has 1 aromatic rings. The van der Waals surface area contributed by atoms with Crippen molar-refractivity contribution in [3.8, 4) is 11.5 Å². The largest absolute Gasteiger partial charge is 0.504 e. The van der Waals surface area contributed by atoms with Crippen LogP contribution in [0.1, 0.15) is 37.3 Å². The van der Waals surface area contributed by atoms with E-state index in [1.165, 1.54) is 24.1 Å². The van der Waals surface area contributed by atoms with Crippen LogP contribution in [0, 0.1) is 17.3 Å². The molecule has 2 aliphatic heterocycles. The fraction of sp³-hybridized carbons (Fsp3) is 0.700. The van der Waals surface area contributed by atoms with Gasteiger partial charge in [0.25, 0.3) is 0 Å². The molecule has 4 heteroatoms. The maximum atomic E-state index is 10.4. The molecule has 0 aromatic heterocycles. The number of aromatic hydroxyl groups is 1. The van der Waals surface area contributed by atoms with E-state index in [0.29, 0.717) is 29.0 Å². The lowest BCUT2D eigenvalue weighted by molar-refractivity contribution is -0.0646. The quantitative estimate of drug-likeness (QED) is 0.829. The van der Waals surface area contributed by atoms with Crippen LogP contribution in [0.4, 0.5) is 0 Å². The van der Waals surface area contributed by atoms with Crippen molar-refractivity contribution in [1.29, 1.82) is 0 Å². The monoisotopic (exact) mass is 327 g/mol. The summed E-state index contributed by atoms with van der Waals surface area (Å²) >= 11 is 0. The van der Waals surface area contributed by atoms with Crippen LogP contribution in [0.5, 0.6) is 11.5 Å². The van der Waals surface area contributed by atoms with Crippen LogP contribution in [0.2, 0.25) is 0 Å². The average Bonchev–Trinajstić information content (AvgIpc) is 2.95.